The number of aliphatic hydroxyl groups is 1. The van der Waals surface area contributed by atoms with Crippen molar-refractivity contribution in [2.45, 2.75) is 36.1 Å². The van der Waals surface area contributed by atoms with Crippen LogP contribution >= 0.6 is 0 Å². The Morgan fingerprint density at radius 1 is 1.28 bits per heavy atom. The van der Waals surface area contributed by atoms with Crippen LogP contribution in [0.3, 0.4) is 0 Å². The summed E-state index contributed by atoms with van der Waals surface area (Å²) < 4.78 is 12.4. The van der Waals surface area contributed by atoms with Crippen molar-refractivity contribution in [3.05, 3.63) is 35.5 Å². The van der Waals surface area contributed by atoms with Crippen molar-refractivity contribution in [2.24, 2.45) is 0 Å². The first-order valence-electron chi connectivity index (χ1n) is 8.33. The van der Waals surface area contributed by atoms with E-state index >= 15 is 0 Å². The molecule has 0 bridgehead atoms. The number of rotatable bonds is 4. The molecule has 2 aliphatic rings. The fourth-order valence-corrected chi connectivity index (χ4v) is 4.59. The number of hydrogen-bond acceptors (Lipinski definition) is 6. The molecule has 1 aliphatic carbocycles. The summed E-state index contributed by atoms with van der Waals surface area (Å²) in [5.74, 6) is 1.69. The first kappa shape index (κ1) is 16.2. The third-order valence-electron chi connectivity index (χ3n) is 4.96. The molecular weight excluding hydrogens is 336 g/mol. The molecule has 0 unspecified atom stereocenters. The van der Waals surface area contributed by atoms with Crippen LogP contribution in [0.5, 0.6) is 0 Å². The zero-order valence-corrected chi connectivity index (χ0v) is 14.5. The summed E-state index contributed by atoms with van der Waals surface area (Å²) >= 11 is 0. The molecular formula is C18H18N4O2S. The molecule has 2 N–H and O–H groups in total. The number of nitrogens with one attached hydrogen (secondary N) is 1. The molecule has 1 aromatic heterocycles. The molecule has 1 saturated carbocycles. The van der Waals surface area contributed by atoms with E-state index in [0.717, 1.165) is 30.5 Å². The standard InChI is InChI=1S/C18H18N4O2S/c19-10-12-2-4-13(5-3-12)16-20-14-6-9-25(24)15(14)17(21-16)22-18(11-23)7-1-8-18/h2-5,23H,1,6-9,11H2,(H,20,21,22)/t25-/m1/s1. The Kier molecular flexibility index (Phi) is 4.02. The van der Waals surface area contributed by atoms with Crippen LogP contribution in [0.25, 0.3) is 11.4 Å². The molecule has 4 rings (SSSR count). The van der Waals surface area contributed by atoms with E-state index in [1.165, 1.54) is 0 Å². The first-order chi connectivity index (χ1) is 12.1. The van der Waals surface area contributed by atoms with Crippen molar-refractivity contribution in [1.82, 2.24) is 9.97 Å². The number of nitriles is 1. The van der Waals surface area contributed by atoms with Gasteiger partial charge >= 0.3 is 0 Å². The van der Waals surface area contributed by atoms with E-state index in [0.29, 0.717) is 34.3 Å². The molecule has 0 saturated heterocycles. The lowest BCUT2D eigenvalue weighted by molar-refractivity contribution is 0.143. The van der Waals surface area contributed by atoms with Gasteiger partial charge in [0.2, 0.25) is 0 Å². The summed E-state index contributed by atoms with van der Waals surface area (Å²) in [6.07, 6.45) is 3.48. The zero-order valence-electron chi connectivity index (χ0n) is 13.7. The largest absolute Gasteiger partial charge is 0.394 e. The second kappa shape index (κ2) is 6.21. The van der Waals surface area contributed by atoms with Crippen molar-refractivity contribution in [1.29, 1.82) is 5.26 Å². The Labute approximate surface area is 148 Å². The van der Waals surface area contributed by atoms with E-state index in [1.54, 1.807) is 12.1 Å². The molecule has 0 amide bonds. The van der Waals surface area contributed by atoms with Gasteiger partial charge in [0, 0.05) is 17.7 Å². The fraction of sp³-hybridized carbons (Fsp3) is 0.389. The van der Waals surface area contributed by atoms with E-state index in [4.69, 9.17) is 5.26 Å². The van der Waals surface area contributed by atoms with Crippen LogP contribution in [0, 0.1) is 11.3 Å². The number of aromatic nitrogens is 2. The van der Waals surface area contributed by atoms with Crippen molar-refractivity contribution in [3.8, 4) is 17.5 Å². The zero-order chi connectivity index (χ0) is 17.4. The highest BCUT2D eigenvalue weighted by Gasteiger charge is 2.38. The fourth-order valence-electron chi connectivity index (χ4n) is 3.28. The van der Waals surface area contributed by atoms with Gasteiger partial charge in [0.05, 0.1) is 40.3 Å². The molecule has 6 nitrogen and oxygen atoms in total. The summed E-state index contributed by atoms with van der Waals surface area (Å²) in [5.41, 5.74) is 1.84. The van der Waals surface area contributed by atoms with Crippen LogP contribution in [0.1, 0.15) is 30.5 Å². The van der Waals surface area contributed by atoms with Crippen LogP contribution in [-0.4, -0.2) is 37.2 Å². The van der Waals surface area contributed by atoms with E-state index in [9.17, 15) is 9.32 Å². The maximum Gasteiger partial charge on any atom is 0.161 e. The minimum atomic E-state index is -1.11. The van der Waals surface area contributed by atoms with Gasteiger partial charge in [-0.15, -0.1) is 0 Å². The van der Waals surface area contributed by atoms with E-state index < -0.39 is 10.8 Å². The normalized spacial score (nSPS) is 20.4. The van der Waals surface area contributed by atoms with Crippen molar-refractivity contribution in [3.63, 3.8) is 0 Å². The first-order valence-corrected chi connectivity index (χ1v) is 9.65. The Bertz CT molecular complexity index is 880. The Morgan fingerprint density at radius 2 is 2.04 bits per heavy atom. The average Bonchev–Trinajstić information content (AvgIpc) is 2.99. The van der Waals surface area contributed by atoms with Crippen LogP contribution in [0.2, 0.25) is 0 Å². The van der Waals surface area contributed by atoms with Gasteiger partial charge in [-0.25, -0.2) is 9.97 Å². The second-order valence-corrected chi connectivity index (χ2v) is 8.08. The second-order valence-electron chi connectivity index (χ2n) is 6.58. The number of hydrogen-bond donors (Lipinski definition) is 2. The van der Waals surface area contributed by atoms with Crippen molar-refractivity contribution >= 4 is 16.6 Å². The number of aliphatic hydroxyl groups excluding tert-OH is 1. The van der Waals surface area contributed by atoms with Crippen LogP contribution < -0.4 is 5.32 Å². The summed E-state index contributed by atoms with van der Waals surface area (Å²) in [4.78, 5) is 9.90. The monoisotopic (exact) mass is 354 g/mol. The Hall–Kier alpha value is -2.30. The smallest absolute Gasteiger partial charge is 0.161 e. The van der Waals surface area contributed by atoms with Gasteiger partial charge in [0.1, 0.15) is 10.7 Å². The highest BCUT2D eigenvalue weighted by Crippen LogP contribution is 2.38. The molecule has 1 fully saturated rings. The van der Waals surface area contributed by atoms with E-state index in [2.05, 4.69) is 21.4 Å². The third kappa shape index (κ3) is 2.81. The quantitative estimate of drug-likeness (QED) is 0.871. The number of aryl methyl sites for hydroxylation is 1. The van der Waals surface area contributed by atoms with Crippen LogP contribution in [-0.2, 0) is 17.2 Å². The van der Waals surface area contributed by atoms with Gasteiger partial charge in [-0.05, 0) is 43.5 Å². The minimum Gasteiger partial charge on any atom is -0.394 e. The summed E-state index contributed by atoms with van der Waals surface area (Å²) in [7, 11) is -1.11. The molecule has 128 valence electrons. The number of fused-ring (bicyclic) bond motifs is 1. The Balaban J connectivity index is 1.78. The van der Waals surface area contributed by atoms with E-state index in [-0.39, 0.29) is 12.1 Å². The predicted molar refractivity (Wildman–Crippen MR) is 94.5 cm³/mol. The van der Waals surface area contributed by atoms with Crippen LogP contribution in [0.15, 0.2) is 29.2 Å². The molecule has 0 radical (unpaired) electrons. The Morgan fingerprint density at radius 3 is 2.64 bits per heavy atom. The molecule has 25 heavy (non-hydrogen) atoms. The maximum absolute atomic E-state index is 12.4. The minimum absolute atomic E-state index is 0.0324. The topological polar surface area (TPSA) is 98.9 Å². The highest BCUT2D eigenvalue weighted by atomic mass is 32.2. The molecule has 2 heterocycles. The van der Waals surface area contributed by atoms with Crippen molar-refractivity contribution in [2.75, 3.05) is 17.7 Å². The lowest BCUT2D eigenvalue weighted by atomic mass is 9.77. The molecule has 1 atom stereocenters. The van der Waals surface area contributed by atoms with Gasteiger partial charge in [-0.3, -0.25) is 4.21 Å². The summed E-state index contributed by atoms with van der Waals surface area (Å²) in [6.45, 7) is 0.0324. The van der Waals surface area contributed by atoms with Crippen molar-refractivity contribution < 1.29 is 9.32 Å². The predicted octanol–water partition coefficient (Wildman–Crippen LogP) is 2.01. The molecule has 2 aromatic rings. The lowest BCUT2D eigenvalue weighted by Crippen LogP contribution is -2.48. The van der Waals surface area contributed by atoms with E-state index in [1.807, 2.05) is 12.1 Å². The average molecular weight is 354 g/mol. The highest BCUT2D eigenvalue weighted by molar-refractivity contribution is 7.85. The molecule has 0 spiro atoms. The summed E-state index contributed by atoms with van der Waals surface area (Å²) in [6, 6.07) is 9.21. The SMILES string of the molecule is N#Cc1ccc(-c2nc3c(c(NC4(CO)CCC4)n2)[S@](=O)CC3)cc1. The van der Waals surface area contributed by atoms with Gasteiger partial charge in [0.15, 0.2) is 5.82 Å². The number of nitrogens with zero attached hydrogens (tertiary/aromatic N) is 3. The van der Waals surface area contributed by atoms with Gasteiger partial charge < -0.3 is 10.4 Å². The lowest BCUT2D eigenvalue weighted by Gasteiger charge is -2.41. The van der Waals surface area contributed by atoms with Gasteiger partial charge in [-0.2, -0.15) is 5.26 Å². The van der Waals surface area contributed by atoms with Gasteiger partial charge in [-0.1, -0.05) is 0 Å². The third-order valence-corrected chi connectivity index (χ3v) is 6.42. The number of benzene rings is 1. The van der Waals surface area contributed by atoms with Gasteiger partial charge in [0.25, 0.3) is 0 Å². The molecule has 1 aromatic carbocycles. The maximum atomic E-state index is 12.4. The van der Waals surface area contributed by atoms with Crippen LogP contribution in [0.4, 0.5) is 5.82 Å². The molecule has 1 aliphatic heterocycles. The number of anilines is 1. The summed E-state index contributed by atoms with van der Waals surface area (Å²) in [5, 5.41) is 22.0. The molecule has 7 heteroatoms.